The van der Waals surface area contributed by atoms with Crippen molar-refractivity contribution in [2.75, 3.05) is 37.0 Å². The molecule has 1 aliphatic heterocycles. The van der Waals surface area contributed by atoms with Crippen LogP contribution in [-0.4, -0.2) is 49.4 Å². The number of hydrogen-bond donors (Lipinski definition) is 1. The second-order valence-corrected chi connectivity index (χ2v) is 6.49. The van der Waals surface area contributed by atoms with Gasteiger partial charge in [-0.15, -0.1) is 0 Å². The third-order valence-electron chi connectivity index (χ3n) is 4.22. The largest absolute Gasteiger partial charge is 0.495 e. The van der Waals surface area contributed by atoms with E-state index in [0.717, 1.165) is 4.90 Å². The minimum Gasteiger partial charge on any atom is -0.495 e. The van der Waals surface area contributed by atoms with E-state index in [1.54, 1.807) is 12.1 Å². The third kappa shape index (κ3) is 4.23. The molecular weight excluding hydrogens is 389 g/mol. The number of nitrogens with zero attached hydrogens (tertiary/aromatic N) is 2. The Balaban J connectivity index is 1.65. The highest BCUT2D eigenvalue weighted by atomic mass is 35.5. The van der Waals surface area contributed by atoms with Crippen LogP contribution in [0.5, 0.6) is 5.75 Å². The molecule has 1 saturated heterocycles. The van der Waals surface area contributed by atoms with Crippen LogP contribution in [0.15, 0.2) is 42.5 Å². The highest BCUT2D eigenvalue weighted by Gasteiger charge is 2.34. The molecule has 1 heterocycles. The van der Waals surface area contributed by atoms with E-state index in [1.165, 1.54) is 42.3 Å². The number of halogens is 2. The zero-order chi connectivity index (χ0) is 20.3. The second kappa shape index (κ2) is 8.26. The molecule has 0 bridgehead atoms. The number of benzene rings is 2. The predicted molar refractivity (Wildman–Crippen MR) is 102 cm³/mol. The molecule has 1 aliphatic rings. The van der Waals surface area contributed by atoms with E-state index >= 15 is 0 Å². The molecule has 28 heavy (non-hydrogen) atoms. The first-order valence-electron chi connectivity index (χ1n) is 8.39. The molecule has 0 saturated carbocycles. The average Bonchev–Trinajstić information content (AvgIpc) is 2.67. The SMILES string of the molecule is COc1ccc(Cl)cc1NC(=O)CN1CCN(c2ccc(F)cc2)C(=O)C1=O. The van der Waals surface area contributed by atoms with Crippen molar-refractivity contribution in [2.24, 2.45) is 0 Å². The third-order valence-corrected chi connectivity index (χ3v) is 4.45. The van der Waals surface area contributed by atoms with Crippen molar-refractivity contribution in [1.82, 2.24) is 4.90 Å². The molecule has 1 N–H and O–H groups in total. The molecule has 0 aliphatic carbocycles. The standard InChI is InChI=1S/C19H17ClFN3O4/c1-28-16-7-2-12(20)10-15(16)22-17(25)11-23-8-9-24(19(27)18(23)26)14-5-3-13(21)4-6-14/h2-7,10H,8-9,11H2,1H3,(H,22,25). The molecule has 146 valence electrons. The number of carbonyl (C=O) groups excluding carboxylic acids is 3. The first kappa shape index (κ1) is 19.6. The number of anilines is 2. The van der Waals surface area contributed by atoms with Gasteiger partial charge in [0, 0.05) is 23.8 Å². The normalized spacial score (nSPS) is 14.2. The van der Waals surface area contributed by atoms with Gasteiger partial charge in [-0.3, -0.25) is 14.4 Å². The van der Waals surface area contributed by atoms with Gasteiger partial charge in [0.15, 0.2) is 0 Å². The summed E-state index contributed by atoms with van der Waals surface area (Å²) >= 11 is 5.93. The molecule has 3 amide bonds. The van der Waals surface area contributed by atoms with Crippen molar-refractivity contribution in [2.45, 2.75) is 0 Å². The summed E-state index contributed by atoms with van der Waals surface area (Å²) in [5.74, 6) is -2.08. The van der Waals surface area contributed by atoms with Gasteiger partial charge in [-0.1, -0.05) is 11.6 Å². The van der Waals surface area contributed by atoms with Crippen LogP contribution in [0.2, 0.25) is 5.02 Å². The maximum atomic E-state index is 13.1. The quantitative estimate of drug-likeness (QED) is 0.774. The topological polar surface area (TPSA) is 79.0 Å². The van der Waals surface area contributed by atoms with Gasteiger partial charge in [0.05, 0.1) is 12.8 Å². The van der Waals surface area contributed by atoms with Crippen LogP contribution in [0, 0.1) is 5.82 Å². The van der Waals surface area contributed by atoms with Crippen molar-refractivity contribution in [3.63, 3.8) is 0 Å². The van der Waals surface area contributed by atoms with Crippen LogP contribution in [0.4, 0.5) is 15.8 Å². The van der Waals surface area contributed by atoms with Crippen LogP contribution in [0.25, 0.3) is 0 Å². The van der Waals surface area contributed by atoms with Gasteiger partial charge in [-0.05, 0) is 42.5 Å². The zero-order valence-electron chi connectivity index (χ0n) is 14.9. The molecule has 1 fully saturated rings. The Morgan fingerprint density at radius 2 is 1.86 bits per heavy atom. The number of methoxy groups -OCH3 is 1. The lowest BCUT2D eigenvalue weighted by molar-refractivity contribution is -0.147. The summed E-state index contributed by atoms with van der Waals surface area (Å²) in [5.41, 5.74) is 0.788. The summed E-state index contributed by atoms with van der Waals surface area (Å²) in [6.45, 7) is 0.0729. The maximum Gasteiger partial charge on any atom is 0.316 e. The van der Waals surface area contributed by atoms with Crippen LogP contribution in [0.3, 0.4) is 0 Å². The molecule has 2 aromatic carbocycles. The maximum absolute atomic E-state index is 13.1. The van der Waals surface area contributed by atoms with Gasteiger partial charge in [0.25, 0.3) is 0 Å². The molecule has 2 aromatic rings. The summed E-state index contributed by atoms with van der Waals surface area (Å²) in [6.07, 6.45) is 0. The smallest absolute Gasteiger partial charge is 0.316 e. The number of ether oxygens (including phenoxy) is 1. The lowest BCUT2D eigenvalue weighted by Gasteiger charge is -2.33. The van der Waals surface area contributed by atoms with Gasteiger partial charge in [0.2, 0.25) is 5.91 Å². The number of nitrogens with one attached hydrogen (secondary N) is 1. The lowest BCUT2D eigenvalue weighted by Crippen LogP contribution is -2.56. The van der Waals surface area contributed by atoms with Crippen LogP contribution < -0.4 is 15.0 Å². The summed E-state index contributed by atoms with van der Waals surface area (Å²) in [6, 6.07) is 10.0. The highest BCUT2D eigenvalue weighted by molar-refractivity contribution is 6.41. The molecule has 7 nitrogen and oxygen atoms in total. The van der Waals surface area contributed by atoms with Crippen molar-refractivity contribution in [3.05, 3.63) is 53.3 Å². The highest BCUT2D eigenvalue weighted by Crippen LogP contribution is 2.27. The molecule has 3 rings (SSSR count). The van der Waals surface area contributed by atoms with Crippen LogP contribution >= 0.6 is 11.6 Å². The van der Waals surface area contributed by atoms with Crippen molar-refractivity contribution in [3.8, 4) is 5.75 Å². The number of carbonyl (C=O) groups is 3. The number of rotatable bonds is 5. The van der Waals surface area contributed by atoms with Gasteiger partial charge < -0.3 is 19.9 Å². The van der Waals surface area contributed by atoms with E-state index in [1.807, 2.05) is 0 Å². The first-order valence-corrected chi connectivity index (χ1v) is 8.76. The molecule has 0 unspecified atom stereocenters. The van der Waals surface area contributed by atoms with E-state index in [9.17, 15) is 18.8 Å². The lowest BCUT2D eigenvalue weighted by atomic mass is 10.2. The Bertz CT molecular complexity index is 920. The predicted octanol–water partition coefficient (Wildman–Crippen LogP) is 2.30. The number of amides is 3. The van der Waals surface area contributed by atoms with E-state index in [4.69, 9.17) is 16.3 Å². The fraction of sp³-hybridized carbons (Fsp3) is 0.211. The fourth-order valence-corrected chi connectivity index (χ4v) is 3.01. The number of piperazine rings is 1. The van der Waals surface area contributed by atoms with Gasteiger partial charge in [-0.2, -0.15) is 0 Å². The van der Waals surface area contributed by atoms with Crippen molar-refractivity contribution < 1.29 is 23.5 Å². The monoisotopic (exact) mass is 405 g/mol. The van der Waals surface area contributed by atoms with E-state index in [-0.39, 0.29) is 19.6 Å². The summed E-state index contributed by atoms with van der Waals surface area (Å²) < 4.78 is 18.2. The summed E-state index contributed by atoms with van der Waals surface area (Å²) in [7, 11) is 1.45. The Morgan fingerprint density at radius 3 is 2.54 bits per heavy atom. The Labute approximate surface area is 165 Å². The Kier molecular flexibility index (Phi) is 5.79. The first-order chi connectivity index (χ1) is 13.4. The molecule has 0 atom stereocenters. The van der Waals surface area contributed by atoms with Crippen molar-refractivity contribution in [1.29, 1.82) is 0 Å². The Morgan fingerprint density at radius 1 is 1.14 bits per heavy atom. The zero-order valence-corrected chi connectivity index (χ0v) is 15.7. The van der Waals surface area contributed by atoms with E-state index in [2.05, 4.69) is 5.32 Å². The van der Waals surface area contributed by atoms with Gasteiger partial charge >= 0.3 is 11.8 Å². The molecule has 0 aromatic heterocycles. The minimum absolute atomic E-state index is 0.169. The molecular formula is C19H17ClFN3O4. The Hall–Kier alpha value is -3.13. The summed E-state index contributed by atoms with van der Waals surface area (Å²) in [4.78, 5) is 39.5. The van der Waals surface area contributed by atoms with Crippen LogP contribution in [-0.2, 0) is 14.4 Å². The van der Waals surface area contributed by atoms with Gasteiger partial charge in [-0.25, -0.2) is 4.39 Å². The fourth-order valence-electron chi connectivity index (χ4n) is 2.83. The molecule has 0 radical (unpaired) electrons. The number of hydrogen-bond acceptors (Lipinski definition) is 4. The van der Waals surface area contributed by atoms with Crippen LogP contribution in [0.1, 0.15) is 0 Å². The molecule has 0 spiro atoms. The minimum atomic E-state index is -0.802. The second-order valence-electron chi connectivity index (χ2n) is 6.05. The van der Waals surface area contributed by atoms with Crippen molar-refractivity contribution >= 4 is 40.7 Å². The van der Waals surface area contributed by atoms with Gasteiger partial charge in [0.1, 0.15) is 18.1 Å². The molecule has 9 heteroatoms. The average molecular weight is 406 g/mol. The summed E-state index contributed by atoms with van der Waals surface area (Å²) in [5, 5.41) is 3.04. The van der Waals surface area contributed by atoms with E-state index < -0.39 is 23.5 Å². The van der Waals surface area contributed by atoms with E-state index in [0.29, 0.717) is 22.1 Å².